The molecule has 3 nitrogen and oxygen atoms in total. The second-order valence-electron chi connectivity index (χ2n) is 5.47. The minimum Gasteiger partial charge on any atom is -1.00 e. The van der Waals surface area contributed by atoms with E-state index < -0.39 is 0 Å². The van der Waals surface area contributed by atoms with Gasteiger partial charge in [0.15, 0.2) is 0 Å². The first kappa shape index (κ1) is 17.4. The molecule has 0 amide bonds. The Labute approximate surface area is 122 Å². The lowest BCUT2D eigenvalue weighted by Gasteiger charge is -2.29. The third kappa shape index (κ3) is 5.85. The Morgan fingerprint density at radius 2 is 1.89 bits per heavy atom. The zero-order chi connectivity index (χ0) is 12.9. The average Bonchev–Trinajstić information content (AvgIpc) is 2.29. The van der Waals surface area contributed by atoms with Crippen LogP contribution in [0.15, 0.2) is 24.3 Å². The van der Waals surface area contributed by atoms with Crippen molar-refractivity contribution < 1.29 is 21.5 Å². The van der Waals surface area contributed by atoms with Gasteiger partial charge in [-0.05, 0) is 24.6 Å². The number of nitrogens with two attached hydrogens (primary N) is 1. The zero-order valence-corrected chi connectivity index (χ0v) is 13.6. The normalized spacial score (nSPS) is 10.9. The maximum absolute atomic E-state index is 5.68. The van der Waals surface area contributed by atoms with Crippen LogP contribution >= 0.6 is 0 Å². The van der Waals surface area contributed by atoms with Crippen LogP contribution in [0.3, 0.4) is 0 Å². The van der Waals surface area contributed by atoms with Crippen LogP contribution in [0.4, 0.5) is 5.69 Å². The summed E-state index contributed by atoms with van der Waals surface area (Å²) in [5, 5.41) is 0. The first-order valence-electron chi connectivity index (χ1n) is 6.30. The number of anilines is 1. The Kier molecular flexibility index (Phi) is 7.52. The molecular weight excluding hydrogens is 290 g/mol. The molecule has 0 radical (unpaired) electrons. The third-order valence-corrected chi connectivity index (χ3v) is 2.93. The number of halogens is 1. The monoisotopic (exact) mass is 315 g/mol. The summed E-state index contributed by atoms with van der Waals surface area (Å²) in [6.45, 7) is 6.06. The number of hydrogen-bond donors (Lipinski definition) is 1. The van der Waals surface area contributed by atoms with E-state index in [1.165, 1.54) is 11.3 Å². The summed E-state index contributed by atoms with van der Waals surface area (Å²) >= 11 is 0. The highest BCUT2D eigenvalue weighted by atomic mass is 79.9. The van der Waals surface area contributed by atoms with Crippen LogP contribution in [0.25, 0.3) is 0 Å². The smallest absolute Gasteiger partial charge is 0.0958 e. The second-order valence-corrected chi connectivity index (χ2v) is 5.47. The Hall–Kier alpha value is -0.580. The highest BCUT2D eigenvalue weighted by molar-refractivity contribution is 5.48. The first-order chi connectivity index (χ1) is 7.96. The van der Waals surface area contributed by atoms with Gasteiger partial charge in [0.25, 0.3) is 0 Å². The summed E-state index contributed by atoms with van der Waals surface area (Å²) in [6, 6.07) is 8.53. The van der Waals surface area contributed by atoms with Crippen LogP contribution in [0.2, 0.25) is 0 Å². The molecule has 2 N–H and O–H groups in total. The Morgan fingerprint density at radius 3 is 2.39 bits per heavy atom. The van der Waals surface area contributed by atoms with Gasteiger partial charge in [-0.15, -0.1) is 0 Å². The highest BCUT2D eigenvalue weighted by Crippen LogP contribution is 2.16. The van der Waals surface area contributed by atoms with Crippen LogP contribution < -0.4 is 27.6 Å². The maximum atomic E-state index is 5.68. The molecular formula is C14H26BrN3. The highest BCUT2D eigenvalue weighted by Gasteiger charge is 2.11. The van der Waals surface area contributed by atoms with Gasteiger partial charge in [0.2, 0.25) is 0 Å². The Morgan fingerprint density at radius 1 is 1.22 bits per heavy atom. The lowest BCUT2D eigenvalue weighted by molar-refractivity contribution is -0.868. The van der Waals surface area contributed by atoms with Crippen molar-refractivity contribution in [3.8, 4) is 0 Å². The van der Waals surface area contributed by atoms with E-state index in [9.17, 15) is 0 Å². The van der Waals surface area contributed by atoms with Crippen molar-refractivity contribution in [2.45, 2.75) is 13.5 Å². The molecule has 0 aliphatic rings. The SMILES string of the molecule is CCN(CC[N+](C)(C)C)c1cccc(CN)c1.[Br-]. The Bertz CT molecular complexity index is 347. The van der Waals surface area contributed by atoms with E-state index >= 15 is 0 Å². The summed E-state index contributed by atoms with van der Waals surface area (Å²) < 4.78 is 0.993. The van der Waals surface area contributed by atoms with E-state index in [1.807, 2.05) is 0 Å². The van der Waals surface area contributed by atoms with E-state index in [0.717, 1.165) is 24.1 Å². The predicted molar refractivity (Wildman–Crippen MR) is 75.1 cm³/mol. The fourth-order valence-corrected chi connectivity index (χ4v) is 1.77. The third-order valence-electron chi connectivity index (χ3n) is 2.93. The standard InChI is InChI=1S/C14H26N3.BrH/c1-5-16(9-10-17(2,3)4)14-8-6-7-13(11-14)12-15;/h6-8,11H,5,9-10,12,15H2,1-4H3;1H/q+1;/p-1. The average molecular weight is 316 g/mol. The van der Waals surface area contributed by atoms with Crippen molar-refractivity contribution in [1.82, 2.24) is 0 Å². The van der Waals surface area contributed by atoms with E-state index in [-0.39, 0.29) is 17.0 Å². The first-order valence-corrected chi connectivity index (χ1v) is 6.30. The molecule has 18 heavy (non-hydrogen) atoms. The predicted octanol–water partition coefficient (Wildman–Crippen LogP) is -1.32. The molecule has 0 heterocycles. The molecule has 0 bridgehead atoms. The molecule has 0 spiro atoms. The molecule has 0 aromatic heterocycles. The van der Waals surface area contributed by atoms with Gasteiger partial charge in [0, 0.05) is 18.8 Å². The van der Waals surface area contributed by atoms with Gasteiger partial charge >= 0.3 is 0 Å². The second kappa shape index (κ2) is 7.77. The van der Waals surface area contributed by atoms with Crippen LogP contribution in [-0.2, 0) is 6.54 Å². The van der Waals surface area contributed by atoms with E-state index in [4.69, 9.17) is 5.73 Å². The molecule has 0 saturated carbocycles. The zero-order valence-electron chi connectivity index (χ0n) is 12.0. The fraction of sp³-hybridized carbons (Fsp3) is 0.571. The van der Waals surface area contributed by atoms with Crippen LogP contribution in [0.1, 0.15) is 12.5 Å². The summed E-state index contributed by atoms with van der Waals surface area (Å²) in [5.41, 5.74) is 8.16. The molecule has 104 valence electrons. The van der Waals surface area contributed by atoms with Gasteiger partial charge in [-0.25, -0.2) is 0 Å². The molecule has 0 aliphatic carbocycles. The number of quaternary nitrogens is 1. The molecule has 1 rings (SSSR count). The van der Waals surface area contributed by atoms with E-state index in [0.29, 0.717) is 6.54 Å². The summed E-state index contributed by atoms with van der Waals surface area (Å²) in [7, 11) is 6.68. The minimum atomic E-state index is 0. The lowest BCUT2D eigenvalue weighted by atomic mass is 10.2. The van der Waals surface area contributed by atoms with Crippen LogP contribution in [-0.4, -0.2) is 45.3 Å². The van der Waals surface area contributed by atoms with Gasteiger partial charge in [-0.1, -0.05) is 12.1 Å². The molecule has 1 aromatic rings. The van der Waals surface area contributed by atoms with Crippen molar-refractivity contribution in [3.05, 3.63) is 29.8 Å². The Balaban J connectivity index is 0.00000289. The number of rotatable bonds is 6. The van der Waals surface area contributed by atoms with E-state index in [2.05, 4.69) is 57.2 Å². The fourth-order valence-electron chi connectivity index (χ4n) is 1.77. The molecule has 4 heteroatoms. The topological polar surface area (TPSA) is 29.3 Å². The quantitative estimate of drug-likeness (QED) is 0.660. The molecule has 0 aliphatic heterocycles. The van der Waals surface area contributed by atoms with Crippen LogP contribution in [0, 0.1) is 0 Å². The molecule has 1 aromatic carbocycles. The lowest BCUT2D eigenvalue weighted by Crippen LogP contribution is -3.00. The van der Waals surface area contributed by atoms with Gasteiger partial charge in [-0.2, -0.15) is 0 Å². The molecule has 0 unspecified atom stereocenters. The summed E-state index contributed by atoms with van der Waals surface area (Å²) in [6.07, 6.45) is 0. The van der Waals surface area contributed by atoms with Crippen molar-refractivity contribution in [1.29, 1.82) is 0 Å². The maximum Gasteiger partial charge on any atom is 0.0958 e. The van der Waals surface area contributed by atoms with Gasteiger partial charge in [0.05, 0.1) is 34.2 Å². The van der Waals surface area contributed by atoms with Crippen LogP contribution in [0.5, 0.6) is 0 Å². The van der Waals surface area contributed by atoms with Crippen molar-refractivity contribution in [2.75, 3.05) is 45.7 Å². The van der Waals surface area contributed by atoms with E-state index in [1.54, 1.807) is 0 Å². The molecule has 0 fully saturated rings. The number of benzene rings is 1. The minimum absolute atomic E-state index is 0. The van der Waals surface area contributed by atoms with Crippen molar-refractivity contribution in [2.24, 2.45) is 5.73 Å². The van der Waals surface area contributed by atoms with Gasteiger partial charge < -0.3 is 32.1 Å². The van der Waals surface area contributed by atoms with Crippen molar-refractivity contribution in [3.63, 3.8) is 0 Å². The van der Waals surface area contributed by atoms with Crippen molar-refractivity contribution >= 4 is 5.69 Å². The van der Waals surface area contributed by atoms with Gasteiger partial charge in [0.1, 0.15) is 0 Å². The number of hydrogen-bond acceptors (Lipinski definition) is 2. The molecule has 0 atom stereocenters. The molecule has 0 saturated heterocycles. The largest absolute Gasteiger partial charge is 1.00 e. The number of nitrogens with zero attached hydrogens (tertiary/aromatic N) is 2. The number of likely N-dealkylation sites (N-methyl/N-ethyl adjacent to an activating group) is 2. The summed E-state index contributed by atoms with van der Waals surface area (Å²) in [5.74, 6) is 0. The summed E-state index contributed by atoms with van der Waals surface area (Å²) in [4.78, 5) is 2.41. The van der Waals surface area contributed by atoms with Gasteiger partial charge in [-0.3, -0.25) is 0 Å².